The van der Waals surface area contributed by atoms with Crippen LogP contribution in [0.5, 0.6) is 0 Å². The van der Waals surface area contributed by atoms with Gasteiger partial charge in [-0.25, -0.2) is 0 Å². The lowest BCUT2D eigenvalue weighted by Crippen LogP contribution is -2.16. The molecule has 0 aliphatic carbocycles. The Labute approximate surface area is 154 Å². The Balaban J connectivity index is 1.76. The molecule has 2 heterocycles. The monoisotopic (exact) mass is 398 g/mol. The van der Waals surface area contributed by atoms with Crippen LogP contribution in [-0.2, 0) is 18.0 Å². The molecule has 0 fully saturated rings. The van der Waals surface area contributed by atoms with Gasteiger partial charge in [0, 0.05) is 19.4 Å². The van der Waals surface area contributed by atoms with Gasteiger partial charge >= 0.3 is 6.18 Å². The standard InChI is InChI=1S/C16H13F3N4O3S/c1-8(24)13-12(9-5-3-4-6-10(9)26-13)20-11(25)7-27-15-22-21-14(23(15)2)16(17,18)19/h3-6H,7H2,1-2H3,(H,20,25). The van der Waals surface area contributed by atoms with Crippen LogP contribution < -0.4 is 5.32 Å². The zero-order chi connectivity index (χ0) is 19.8. The van der Waals surface area contributed by atoms with Gasteiger partial charge in [0.15, 0.2) is 16.7 Å². The molecule has 11 heteroatoms. The van der Waals surface area contributed by atoms with Crippen molar-refractivity contribution in [3.8, 4) is 0 Å². The molecule has 0 radical (unpaired) electrons. The number of furan rings is 1. The van der Waals surface area contributed by atoms with E-state index in [0.29, 0.717) is 11.0 Å². The van der Waals surface area contributed by atoms with Gasteiger partial charge in [-0.05, 0) is 12.1 Å². The number of nitrogens with one attached hydrogen (secondary N) is 1. The second-order valence-electron chi connectivity index (χ2n) is 5.56. The molecule has 0 atom stereocenters. The summed E-state index contributed by atoms with van der Waals surface area (Å²) in [4.78, 5) is 24.0. The number of carbonyl (C=O) groups is 2. The summed E-state index contributed by atoms with van der Waals surface area (Å²) in [6.45, 7) is 1.31. The summed E-state index contributed by atoms with van der Waals surface area (Å²) < 4.78 is 44.4. The van der Waals surface area contributed by atoms with Gasteiger partial charge in [-0.3, -0.25) is 9.59 Å². The molecule has 0 bridgehead atoms. The number of amides is 1. The molecule has 142 valence electrons. The first-order valence-electron chi connectivity index (χ1n) is 7.60. The van der Waals surface area contributed by atoms with Gasteiger partial charge in [0.1, 0.15) is 5.58 Å². The third-order valence-electron chi connectivity index (χ3n) is 3.60. The SMILES string of the molecule is CC(=O)c1oc2ccccc2c1NC(=O)CSc1nnc(C(F)(F)F)n1C. The minimum atomic E-state index is -4.63. The third kappa shape index (κ3) is 3.82. The molecule has 0 saturated carbocycles. The number of hydrogen-bond acceptors (Lipinski definition) is 6. The highest BCUT2D eigenvalue weighted by Gasteiger charge is 2.37. The number of halogens is 3. The fraction of sp³-hybridized carbons (Fsp3) is 0.250. The van der Waals surface area contributed by atoms with Crippen LogP contribution >= 0.6 is 11.8 Å². The Morgan fingerprint density at radius 2 is 1.96 bits per heavy atom. The van der Waals surface area contributed by atoms with Crippen molar-refractivity contribution in [2.24, 2.45) is 7.05 Å². The number of Topliss-reactive ketones (excluding diaryl/α,β-unsaturated/α-hetero) is 1. The van der Waals surface area contributed by atoms with Crippen molar-refractivity contribution in [2.75, 3.05) is 11.1 Å². The van der Waals surface area contributed by atoms with Crippen LogP contribution in [0.3, 0.4) is 0 Å². The smallest absolute Gasteiger partial charge is 0.451 e. The van der Waals surface area contributed by atoms with Gasteiger partial charge in [0.2, 0.25) is 11.7 Å². The van der Waals surface area contributed by atoms with Gasteiger partial charge in [-0.2, -0.15) is 13.2 Å². The molecule has 0 aliphatic heterocycles. The zero-order valence-corrected chi connectivity index (χ0v) is 14.9. The molecule has 7 nitrogen and oxygen atoms in total. The van der Waals surface area contributed by atoms with Crippen molar-refractivity contribution in [3.05, 3.63) is 35.9 Å². The molecular weight excluding hydrogens is 385 g/mol. The van der Waals surface area contributed by atoms with E-state index in [9.17, 15) is 22.8 Å². The highest BCUT2D eigenvalue weighted by atomic mass is 32.2. The summed E-state index contributed by atoms with van der Waals surface area (Å²) in [6, 6.07) is 6.80. The molecule has 0 spiro atoms. The number of benzene rings is 1. The zero-order valence-electron chi connectivity index (χ0n) is 14.1. The molecule has 27 heavy (non-hydrogen) atoms. The Morgan fingerprint density at radius 1 is 1.26 bits per heavy atom. The lowest BCUT2D eigenvalue weighted by molar-refractivity contribution is -0.147. The molecule has 0 saturated heterocycles. The van der Waals surface area contributed by atoms with Crippen molar-refractivity contribution in [1.82, 2.24) is 14.8 Å². The molecule has 2 aromatic heterocycles. The number of ketones is 1. The molecule has 0 unspecified atom stereocenters. The van der Waals surface area contributed by atoms with Gasteiger partial charge in [0.05, 0.1) is 11.4 Å². The summed E-state index contributed by atoms with van der Waals surface area (Å²) in [5.74, 6) is -2.25. The summed E-state index contributed by atoms with van der Waals surface area (Å²) in [6.07, 6.45) is -4.63. The maximum absolute atomic E-state index is 12.7. The summed E-state index contributed by atoms with van der Waals surface area (Å²) in [5.41, 5.74) is 0.673. The van der Waals surface area contributed by atoms with Crippen LogP contribution in [0, 0.1) is 0 Å². The largest absolute Gasteiger partial charge is 0.451 e. The highest BCUT2D eigenvalue weighted by Crippen LogP contribution is 2.32. The maximum atomic E-state index is 12.7. The van der Waals surface area contributed by atoms with Crippen molar-refractivity contribution in [1.29, 1.82) is 0 Å². The highest BCUT2D eigenvalue weighted by molar-refractivity contribution is 7.99. The Kier molecular flexibility index (Phi) is 4.96. The molecular formula is C16H13F3N4O3S. The number of carbonyl (C=O) groups excluding carboxylic acids is 2. The molecule has 1 amide bonds. The van der Waals surface area contributed by atoms with E-state index in [-0.39, 0.29) is 28.1 Å². The van der Waals surface area contributed by atoms with Gasteiger partial charge in [-0.15, -0.1) is 10.2 Å². The lowest BCUT2D eigenvalue weighted by atomic mass is 10.2. The topological polar surface area (TPSA) is 90.0 Å². The maximum Gasteiger partial charge on any atom is 0.451 e. The summed E-state index contributed by atoms with van der Waals surface area (Å²) in [5, 5.41) is 9.63. The lowest BCUT2D eigenvalue weighted by Gasteiger charge is -2.07. The fourth-order valence-corrected chi connectivity index (χ4v) is 3.12. The summed E-state index contributed by atoms with van der Waals surface area (Å²) in [7, 11) is 1.17. The first-order valence-corrected chi connectivity index (χ1v) is 8.58. The normalized spacial score (nSPS) is 11.7. The van der Waals surface area contributed by atoms with Crippen LogP contribution in [0.1, 0.15) is 23.3 Å². The Hall–Kier alpha value is -2.82. The van der Waals surface area contributed by atoms with Crippen molar-refractivity contribution >= 4 is 40.1 Å². The van der Waals surface area contributed by atoms with Crippen molar-refractivity contribution in [3.63, 3.8) is 0 Å². The van der Waals surface area contributed by atoms with Crippen molar-refractivity contribution < 1.29 is 27.2 Å². The van der Waals surface area contributed by atoms with E-state index in [0.717, 1.165) is 16.3 Å². The van der Waals surface area contributed by atoms with Crippen LogP contribution in [0.15, 0.2) is 33.8 Å². The number of thioether (sulfide) groups is 1. The number of anilines is 1. The Morgan fingerprint density at radius 3 is 2.59 bits per heavy atom. The van der Waals surface area contributed by atoms with Gasteiger partial charge in [0.25, 0.3) is 0 Å². The second-order valence-corrected chi connectivity index (χ2v) is 6.50. The average molecular weight is 398 g/mol. The van der Waals surface area contributed by atoms with Crippen molar-refractivity contribution in [2.45, 2.75) is 18.3 Å². The number of rotatable bonds is 5. The molecule has 1 aromatic carbocycles. The fourth-order valence-electron chi connectivity index (χ4n) is 2.41. The number of alkyl halides is 3. The average Bonchev–Trinajstić information content (AvgIpc) is 3.14. The van der Waals surface area contributed by atoms with E-state index in [2.05, 4.69) is 15.5 Å². The minimum Gasteiger partial charge on any atom is -0.451 e. The molecule has 3 rings (SSSR count). The number of nitrogens with zero attached hydrogens (tertiary/aromatic N) is 3. The number of hydrogen-bond donors (Lipinski definition) is 1. The van der Waals surface area contributed by atoms with E-state index in [4.69, 9.17) is 4.42 Å². The Bertz CT molecular complexity index is 1030. The van der Waals surface area contributed by atoms with Crippen LogP contribution in [0.2, 0.25) is 0 Å². The molecule has 3 aromatic rings. The summed E-state index contributed by atoms with van der Waals surface area (Å²) >= 11 is 0.795. The first-order chi connectivity index (χ1) is 12.7. The van der Waals surface area contributed by atoms with Crippen LogP contribution in [-0.4, -0.2) is 32.2 Å². The minimum absolute atomic E-state index is 0.00701. The number of para-hydroxylation sites is 1. The predicted octanol–water partition coefficient (Wildman–Crippen LogP) is 3.51. The van der Waals surface area contributed by atoms with E-state index >= 15 is 0 Å². The number of aromatic nitrogens is 3. The number of fused-ring (bicyclic) bond motifs is 1. The van der Waals surface area contributed by atoms with Gasteiger partial charge in [-0.1, -0.05) is 23.9 Å². The quantitative estimate of drug-likeness (QED) is 0.523. The third-order valence-corrected chi connectivity index (χ3v) is 4.62. The van der Waals surface area contributed by atoms with Crippen LogP contribution in [0.25, 0.3) is 11.0 Å². The van der Waals surface area contributed by atoms with Crippen LogP contribution in [0.4, 0.5) is 18.9 Å². The first kappa shape index (κ1) is 19.0. The van der Waals surface area contributed by atoms with E-state index in [1.54, 1.807) is 24.3 Å². The van der Waals surface area contributed by atoms with Gasteiger partial charge < -0.3 is 14.3 Å². The van der Waals surface area contributed by atoms with E-state index < -0.39 is 17.9 Å². The second kappa shape index (κ2) is 7.06. The molecule has 0 aliphatic rings. The predicted molar refractivity (Wildman–Crippen MR) is 91.6 cm³/mol. The van der Waals surface area contributed by atoms with E-state index in [1.807, 2.05) is 0 Å². The van der Waals surface area contributed by atoms with E-state index in [1.165, 1.54) is 14.0 Å². The molecule has 1 N–H and O–H groups in total.